The molecular weight excluding hydrogens is 2030 g/mol. The summed E-state index contributed by atoms with van der Waals surface area (Å²) in [6.45, 7) is 18.3. The molecule has 0 fully saturated rings. The normalized spacial score (nSPS) is 11.2. The van der Waals surface area contributed by atoms with Gasteiger partial charge in [0.1, 0.15) is 29.1 Å². The summed E-state index contributed by atoms with van der Waals surface area (Å²) in [4.78, 5) is 93.6. The number of carbonyl (C=O) groups is 5. The van der Waals surface area contributed by atoms with Crippen molar-refractivity contribution < 1.29 is 47.7 Å². The van der Waals surface area contributed by atoms with Crippen LogP contribution in [-0.4, -0.2) is 235 Å². The largest absolute Gasteiger partial charge is 0.469 e. The molecule has 10 rings (SSSR count). The molecule has 144 heavy (non-hydrogen) atoms. The minimum atomic E-state index is -0.186. The Hall–Kier alpha value is -7.30. The summed E-state index contributed by atoms with van der Waals surface area (Å²) < 4.78 is 36.4. The number of hydrogen-bond donors (Lipinski definition) is 0. The van der Waals surface area contributed by atoms with E-state index in [1.165, 1.54) is 84.2 Å². The molecule has 5 aromatic carbocycles. The van der Waals surface area contributed by atoms with Crippen LogP contribution >= 0.6 is 116 Å². The van der Waals surface area contributed by atoms with Crippen LogP contribution in [0.2, 0.25) is 0 Å². The fraction of sp³-hybridized carbons (Fsp3) is 0.633. The van der Waals surface area contributed by atoms with Crippen molar-refractivity contribution in [3.8, 4) is 0 Å². The van der Waals surface area contributed by atoms with E-state index in [1.807, 2.05) is 35.2 Å². The van der Waals surface area contributed by atoms with Crippen LogP contribution in [0.1, 0.15) is 249 Å². The van der Waals surface area contributed by atoms with Crippen LogP contribution in [0, 0.1) is 0 Å². The first-order valence-electron chi connectivity index (χ1n) is 52.3. The highest BCUT2D eigenvalue weighted by Crippen LogP contribution is 2.31. The molecule has 0 aliphatic rings. The Bertz CT molecular complexity index is 5260. The third-order valence-electron chi connectivity index (χ3n) is 25.3. The molecular formula is C109H163Cl10N15O10. The second-order valence-electron chi connectivity index (χ2n) is 36.0. The van der Waals surface area contributed by atoms with Gasteiger partial charge in [0.25, 0.3) is 0 Å². The monoisotopic (exact) mass is 2190 g/mol. The van der Waals surface area contributed by atoms with E-state index < -0.39 is 0 Å². The number of benzene rings is 5. The van der Waals surface area contributed by atoms with Crippen LogP contribution in [0.3, 0.4) is 0 Å². The fourth-order valence-corrected chi connectivity index (χ4v) is 19.1. The van der Waals surface area contributed by atoms with Crippen molar-refractivity contribution in [3.63, 3.8) is 0 Å². The SMILES string of the molecule is CCCCCCCCCCOC(=O)CCCc1nc2cc(N(CCCl)CCCl)ccc2n1C.CCCCCCCCOC(=O)CCCc1nc2cc(N(CCCl)CCCl)ccc2n1C.CCCCCCOC(=O)CCCc1nc2cc(N(CCCl)CCCl)ccc2n1C.CCCCOC(=O)CCCc1nc2cc(N(CCCl)CCCl)ccc2n1C.COC(=O)CCCc1nc2cc(N(CCCl)CCCl)ccc2n1C. The number of nitrogens with zero attached hydrogens (tertiary/aromatic N) is 15. The molecule has 0 aliphatic heterocycles. The Labute approximate surface area is 907 Å². The number of anilines is 5. The molecule has 5 aromatic heterocycles. The number of alkyl halides is 10. The van der Waals surface area contributed by atoms with Crippen molar-refractivity contribution in [2.24, 2.45) is 35.2 Å². The topological polar surface area (TPSA) is 237 Å². The third kappa shape index (κ3) is 44.9. The van der Waals surface area contributed by atoms with E-state index in [9.17, 15) is 24.0 Å². The summed E-state index contributed by atoms with van der Waals surface area (Å²) in [6, 6.07) is 31.2. The van der Waals surface area contributed by atoms with E-state index >= 15 is 0 Å². The van der Waals surface area contributed by atoms with E-state index in [0.29, 0.717) is 117 Å². The number of rotatable bonds is 69. The van der Waals surface area contributed by atoms with Gasteiger partial charge >= 0.3 is 29.8 Å². The Balaban J connectivity index is 0.000000276. The lowest BCUT2D eigenvalue weighted by Crippen LogP contribution is -2.27. The number of fused-ring (bicyclic) bond motifs is 5. The summed E-state index contributed by atoms with van der Waals surface area (Å²) in [5, 5.41) is 0. The fourth-order valence-electron chi connectivity index (χ4n) is 17.0. The molecule has 0 saturated heterocycles. The lowest BCUT2D eigenvalue weighted by Gasteiger charge is -2.22. The predicted molar refractivity (Wildman–Crippen MR) is 607 cm³/mol. The van der Waals surface area contributed by atoms with Gasteiger partial charge in [-0.3, -0.25) is 24.0 Å². The number of halogens is 10. The Morgan fingerprint density at radius 2 is 0.417 bits per heavy atom. The average Bonchev–Trinajstić information content (AvgIpc) is 1.67. The van der Waals surface area contributed by atoms with Crippen LogP contribution in [-0.2, 0) is 115 Å². The minimum Gasteiger partial charge on any atom is -0.469 e. The van der Waals surface area contributed by atoms with Gasteiger partial charge in [0.2, 0.25) is 0 Å². The smallest absolute Gasteiger partial charge is 0.305 e. The van der Waals surface area contributed by atoms with E-state index in [4.69, 9.17) is 160 Å². The zero-order chi connectivity index (χ0) is 105. The van der Waals surface area contributed by atoms with Crippen LogP contribution in [0.15, 0.2) is 91.0 Å². The second kappa shape index (κ2) is 74.6. The van der Waals surface area contributed by atoms with Gasteiger partial charge < -0.3 is 71.0 Å². The second-order valence-corrected chi connectivity index (χ2v) is 39.8. The highest BCUT2D eigenvalue weighted by atomic mass is 35.5. The maximum Gasteiger partial charge on any atom is 0.305 e. The Morgan fingerprint density at radius 1 is 0.243 bits per heavy atom. The molecule has 25 nitrogen and oxygen atoms in total. The average molecular weight is 2200 g/mol. The number of esters is 5. The number of ether oxygens (including phenoxy) is 5. The molecule has 0 radical (unpaired) electrons. The lowest BCUT2D eigenvalue weighted by molar-refractivity contribution is -0.144. The van der Waals surface area contributed by atoms with Crippen molar-refractivity contribution >= 4 is 229 Å². The maximum atomic E-state index is 12.1. The Kier molecular flexibility index (Phi) is 64.9. The van der Waals surface area contributed by atoms with Gasteiger partial charge in [0.05, 0.1) is 88.7 Å². The third-order valence-corrected chi connectivity index (χ3v) is 27.0. The van der Waals surface area contributed by atoms with Crippen molar-refractivity contribution in [2.75, 3.05) is 182 Å². The molecule has 0 saturated carbocycles. The molecule has 0 aliphatic carbocycles. The number of aryl methyl sites for hydroxylation is 10. The molecule has 10 aromatic rings. The van der Waals surface area contributed by atoms with Crippen molar-refractivity contribution in [2.45, 2.75) is 252 Å². The summed E-state index contributed by atoms with van der Waals surface area (Å²) in [7, 11) is 11.5. The summed E-state index contributed by atoms with van der Waals surface area (Å²) in [5.41, 5.74) is 15.5. The molecule has 0 unspecified atom stereocenters. The number of unbranched alkanes of at least 4 members (excludes halogenated alkanes) is 16. The highest BCUT2D eigenvalue weighted by Gasteiger charge is 2.21. The standard InChI is InChI=1S/C26H41Cl2N3O2.C24H37Cl2N3O2.C22H33Cl2N3O2.C20H29Cl2N3O2.C17H23Cl2N3O2/c1-3-4-5-6-7-8-9-10-20-33-26(32)13-11-12-25-29-23-21-22(14-15-24(23)30(25)2)31(18-16-27)19-17-28;1-3-4-5-6-7-8-18-31-24(30)11-9-10-23-27-21-19-20(12-13-22(21)28(23)2)29(16-14-25)17-15-26;1-3-4-5-6-16-29-22(28)9-7-8-21-25-19-17-18(10-11-20(19)26(21)2)27(14-12-23)15-13-24;1-3-4-14-27-20(26)7-5-6-19-23-17-15-16(8-9-18(17)24(19)2)25(12-10-21)13-11-22;1-21-15-7-6-13(22(10-8-18)11-9-19)12-14(15)20-16(21)4-3-5-17(23)24-2/h14-15,21H,3-13,16-20H2,1-2H3;12-13,19H,3-11,14-18H2,1-2H3;10-11,17H,3-9,12-16H2,1-2H3;8-9,15H,3-7,10-14H2,1-2H3;6-7,12H,3-5,8-11H2,1-2H3. The Morgan fingerprint density at radius 3 is 0.604 bits per heavy atom. The number of aromatic nitrogens is 10. The predicted octanol–water partition coefficient (Wildman–Crippen LogP) is 26.1. The van der Waals surface area contributed by atoms with Gasteiger partial charge in [-0.25, -0.2) is 24.9 Å². The molecule has 0 bridgehead atoms. The molecule has 804 valence electrons. The van der Waals surface area contributed by atoms with Gasteiger partial charge in [0.15, 0.2) is 0 Å². The van der Waals surface area contributed by atoms with E-state index in [-0.39, 0.29) is 29.8 Å². The van der Waals surface area contributed by atoms with Crippen LogP contribution in [0.25, 0.3) is 55.2 Å². The van der Waals surface area contributed by atoms with Crippen molar-refractivity contribution in [1.82, 2.24) is 47.8 Å². The van der Waals surface area contributed by atoms with Crippen LogP contribution < -0.4 is 24.5 Å². The molecule has 0 spiro atoms. The maximum absolute atomic E-state index is 12.1. The van der Waals surface area contributed by atoms with Crippen LogP contribution in [0.4, 0.5) is 28.4 Å². The number of hydrogen-bond acceptors (Lipinski definition) is 20. The molecule has 0 N–H and O–H groups in total. The summed E-state index contributed by atoms with van der Waals surface area (Å²) >= 11 is 59.2. The molecule has 5 heterocycles. The zero-order valence-corrected chi connectivity index (χ0v) is 95.0. The number of imidazole rings is 5. The van der Waals surface area contributed by atoms with Gasteiger partial charge in [0, 0.05) is 252 Å². The van der Waals surface area contributed by atoms with Crippen LogP contribution in [0.5, 0.6) is 0 Å². The van der Waals surface area contributed by atoms with Crippen molar-refractivity contribution in [3.05, 3.63) is 120 Å². The van der Waals surface area contributed by atoms with Gasteiger partial charge in [-0.15, -0.1) is 116 Å². The zero-order valence-electron chi connectivity index (χ0n) is 87.4. The van der Waals surface area contributed by atoms with E-state index in [0.717, 1.165) is 294 Å². The van der Waals surface area contributed by atoms with E-state index in [1.54, 1.807) is 0 Å². The molecule has 35 heteroatoms. The molecule has 0 atom stereocenters. The first kappa shape index (κ1) is 125. The minimum absolute atomic E-state index is 0.100. The lowest BCUT2D eigenvalue weighted by atomic mass is 10.1. The number of methoxy groups -OCH3 is 1. The first-order valence-corrected chi connectivity index (χ1v) is 57.7. The summed E-state index contributed by atoms with van der Waals surface area (Å²) in [6.07, 6.45) is 33.1. The highest BCUT2D eigenvalue weighted by molar-refractivity contribution is 6.20. The summed E-state index contributed by atoms with van der Waals surface area (Å²) in [5.74, 6) is 9.79. The van der Waals surface area contributed by atoms with Gasteiger partial charge in [-0.1, -0.05) is 130 Å². The quantitative estimate of drug-likeness (QED) is 0.0149. The van der Waals surface area contributed by atoms with Crippen molar-refractivity contribution in [1.29, 1.82) is 0 Å². The van der Waals surface area contributed by atoms with E-state index in [2.05, 4.69) is 171 Å². The molecule has 0 amide bonds. The number of carbonyl (C=O) groups excluding carboxylic acids is 5. The van der Waals surface area contributed by atoms with Gasteiger partial charge in [-0.05, 0) is 149 Å². The van der Waals surface area contributed by atoms with Gasteiger partial charge in [-0.2, -0.15) is 0 Å². The first-order chi connectivity index (χ1) is 70.0.